The van der Waals surface area contributed by atoms with E-state index in [9.17, 15) is 0 Å². The molecule has 4 heteroatoms. The van der Waals surface area contributed by atoms with E-state index in [0.29, 0.717) is 0 Å². The number of benzene rings is 1. The second-order valence-corrected chi connectivity index (χ2v) is 6.79. The average molecular weight is 348 g/mol. The van der Waals surface area contributed by atoms with Crippen molar-refractivity contribution in [1.82, 2.24) is 15.1 Å². The zero-order valence-corrected chi connectivity index (χ0v) is 14.3. The van der Waals surface area contributed by atoms with Crippen molar-refractivity contribution in [1.29, 1.82) is 0 Å². The van der Waals surface area contributed by atoms with Crippen LogP contribution >= 0.6 is 15.9 Å². The van der Waals surface area contributed by atoms with E-state index in [4.69, 9.17) is 5.10 Å². The van der Waals surface area contributed by atoms with Gasteiger partial charge in [-0.1, -0.05) is 15.9 Å². The maximum absolute atomic E-state index is 4.72. The molecule has 2 aromatic rings. The van der Waals surface area contributed by atoms with Crippen LogP contribution in [0, 0.1) is 13.8 Å². The van der Waals surface area contributed by atoms with Gasteiger partial charge in [-0.3, -0.25) is 0 Å². The third-order valence-electron chi connectivity index (χ3n) is 4.13. The van der Waals surface area contributed by atoms with Crippen molar-refractivity contribution in [2.75, 3.05) is 6.54 Å². The summed E-state index contributed by atoms with van der Waals surface area (Å²) in [7, 11) is 0. The molecule has 3 nitrogen and oxygen atoms in total. The van der Waals surface area contributed by atoms with Crippen molar-refractivity contribution in [3.8, 4) is 5.69 Å². The molecule has 1 aliphatic rings. The predicted octanol–water partition coefficient (Wildman–Crippen LogP) is 3.94. The molecule has 1 saturated carbocycles. The molecular weight excluding hydrogens is 326 g/mol. The molecule has 112 valence electrons. The number of nitrogens with one attached hydrogen (secondary N) is 1. The summed E-state index contributed by atoms with van der Waals surface area (Å²) in [6, 6.07) is 9.12. The largest absolute Gasteiger partial charge is 0.314 e. The molecule has 1 fully saturated rings. The minimum Gasteiger partial charge on any atom is -0.314 e. The van der Waals surface area contributed by atoms with E-state index in [1.54, 1.807) is 0 Å². The Morgan fingerprint density at radius 2 is 1.95 bits per heavy atom. The average Bonchev–Trinajstić information content (AvgIpc) is 3.25. The first-order valence-electron chi connectivity index (χ1n) is 7.69. The van der Waals surface area contributed by atoms with Crippen LogP contribution in [0.1, 0.15) is 36.2 Å². The molecule has 0 spiro atoms. The Morgan fingerprint density at radius 3 is 2.62 bits per heavy atom. The van der Waals surface area contributed by atoms with Crippen molar-refractivity contribution in [2.24, 2.45) is 0 Å². The fourth-order valence-electron chi connectivity index (χ4n) is 2.73. The molecule has 1 aromatic heterocycles. The van der Waals surface area contributed by atoms with Crippen molar-refractivity contribution in [2.45, 2.75) is 45.6 Å². The molecule has 0 atom stereocenters. The van der Waals surface area contributed by atoms with E-state index in [0.717, 1.165) is 34.9 Å². The second kappa shape index (κ2) is 6.32. The van der Waals surface area contributed by atoms with Crippen LogP contribution in [0.2, 0.25) is 0 Å². The van der Waals surface area contributed by atoms with E-state index in [1.807, 2.05) is 0 Å². The van der Waals surface area contributed by atoms with Crippen LogP contribution in [0.15, 0.2) is 28.7 Å². The molecule has 0 aliphatic heterocycles. The van der Waals surface area contributed by atoms with Gasteiger partial charge in [0.25, 0.3) is 0 Å². The fourth-order valence-corrected chi connectivity index (χ4v) is 2.99. The molecule has 0 unspecified atom stereocenters. The van der Waals surface area contributed by atoms with Crippen molar-refractivity contribution < 1.29 is 0 Å². The lowest BCUT2D eigenvalue weighted by Crippen LogP contribution is -2.18. The second-order valence-electron chi connectivity index (χ2n) is 5.87. The Bertz CT molecular complexity index is 612. The van der Waals surface area contributed by atoms with E-state index >= 15 is 0 Å². The Kier molecular flexibility index (Phi) is 4.45. The Balaban J connectivity index is 1.70. The molecule has 1 N–H and O–H groups in total. The van der Waals surface area contributed by atoms with Crippen LogP contribution in [0.4, 0.5) is 0 Å². The molecule has 0 amide bonds. The summed E-state index contributed by atoms with van der Waals surface area (Å²) in [4.78, 5) is 0. The zero-order valence-electron chi connectivity index (χ0n) is 12.7. The topological polar surface area (TPSA) is 29.9 Å². The quantitative estimate of drug-likeness (QED) is 0.802. The summed E-state index contributed by atoms with van der Waals surface area (Å²) in [6.45, 7) is 5.41. The van der Waals surface area contributed by atoms with E-state index in [2.05, 4.69) is 64.0 Å². The lowest BCUT2D eigenvalue weighted by Gasteiger charge is -2.06. The van der Waals surface area contributed by atoms with Crippen molar-refractivity contribution in [3.63, 3.8) is 0 Å². The first kappa shape index (κ1) is 14.8. The SMILES string of the molecule is Cc1nn(-c2ccc(Br)cc2)c(C)c1CCCNC1CC1. The van der Waals surface area contributed by atoms with Crippen molar-refractivity contribution in [3.05, 3.63) is 45.7 Å². The van der Waals surface area contributed by atoms with Gasteiger partial charge < -0.3 is 5.32 Å². The number of hydrogen-bond acceptors (Lipinski definition) is 2. The van der Waals surface area contributed by atoms with Crippen LogP contribution < -0.4 is 5.32 Å². The molecule has 3 rings (SSSR count). The van der Waals surface area contributed by atoms with Crippen molar-refractivity contribution >= 4 is 15.9 Å². The Hall–Kier alpha value is -1.13. The van der Waals surface area contributed by atoms with Gasteiger partial charge >= 0.3 is 0 Å². The third-order valence-corrected chi connectivity index (χ3v) is 4.65. The van der Waals surface area contributed by atoms with E-state index < -0.39 is 0 Å². The van der Waals surface area contributed by atoms with Gasteiger partial charge in [0, 0.05) is 16.2 Å². The van der Waals surface area contributed by atoms with Crippen LogP contribution in [-0.2, 0) is 6.42 Å². The van der Waals surface area contributed by atoms with Gasteiger partial charge in [0.1, 0.15) is 0 Å². The molecule has 0 saturated heterocycles. The standard InChI is InChI=1S/C17H22BrN3/c1-12-17(4-3-11-19-15-7-8-15)13(2)21(20-12)16-9-5-14(18)6-10-16/h5-6,9-10,15,19H,3-4,7-8,11H2,1-2H3. The van der Waals surface area contributed by atoms with Gasteiger partial charge in [-0.2, -0.15) is 5.10 Å². The van der Waals surface area contributed by atoms with Gasteiger partial charge in [-0.25, -0.2) is 4.68 Å². The number of rotatable bonds is 6. The van der Waals surface area contributed by atoms with Crippen LogP contribution in [-0.4, -0.2) is 22.4 Å². The summed E-state index contributed by atoms with van der Waals surface area (Å²) < 4.78 is 3.16. The first-order chi connectivity index (χ1) is 10.1. The third kappa shape index (κ3) is 3.55. The number of nitrogens with zero attached hydrogens (tertiary/aromatic N) is 2. The molecule has 1 aliphatic carbocycles. The van der Waals surface area contributed by atoms with Gasteiger partial charge in [0.15, 0.2) is 0 Å². The number of aromatic nitrogens is 2. The number of hydrogen-bond donors (Lipinski definition) is 1. The zero-order chi connectivity index (χ0) is 14.8. The normalized spacial score (nSPS) is 14.6. The lowest BCUT2D eigenvalue weighted by atomic mass is 10.1. The highest BCUT2D eigenvalue weighted by Crippen LogP contribution is 2.21. The van der Waals surface area contributed by atoms with E-state index in [-0.39, 0.29) is 0 Å². The van der Waals surface area contributed by atoms with E-state index in [1.165, 1.54) is 30.5 Å². The summed E-state index contributed by atoms with van der Waals surface area (Å²) >= 11 is 3.48. The predicted molar refractivity (Wildman–Crippen MR) is 90.1 cm³/mol. The highest BCUT2D eigenvalue weighted by atomic mass is 79.9. The molecule has 21 heavy (non-hydrogen) atoms. The minimum atomic E-state index is 0.803. The fraction of sp³-hybridized carbons (Fsp3) is 0.471. The Labute approximate surface area is 134 Å². The summed E-state index contributed by atoms with van der Waals surface area (Å²) in [6.07, 6.45) is 5.01. The summed E-state index contributed by atoms with van der Waals surface area (Å²) in [5, 5.41) is 8.30. The summed E-state index contributed by atoms with van der Waals surface area (Å²) in [5.41, 5.74) is 4.94. The summed E-state index contributed by atoms with van der Waals surface area (Å²) in [5.74, 6) is 0. The number of aryl methyl sites for hydroxylation is 1. The molecule has 0 bridgehead atoms. The molecule has 0 radical (unpaired) electrons. The smallest absolute Gasteiger partial charge is 0.0649 e. The van der Waals surface area contributed by atoms with Gasteiger partial charge in [0.2, 0.25) is 0 Å². The first-order valence-corrected chi connectivity index (χ1v) is 8.49. The molecule has 1 aromatic carbocycles. The lowest BCUT2D eigenvalue weighted by molar-refractivity contribution is 0.644. The minimum absolute atomic E-state index is 0.803. The monoisotopic (exact) mass is 347 g/mol. The maximum Gasteiger partial charge on any atom is 0.0649 e. The number of halogens is 1. The van der Waals surface area contributed by atoms with Gasteiger partial charge in [-0.15, -0.1) is 0 Å². The van der Waals surface area contributed by atoms with Crippen LogP contribution in [0.25, 0.3) is 5.69 Å². The highest BCUT2D eigenvalue weighted by molar-refractivity contribution is 9.10. The highest BCUT2D eigenvalue weighted by Gasteiger charge is 2.19. The Morgan fingerprint density at radius 1 is 1.24 bits per heavy atom. The van der Waals surface area contributed by atoms with Crippen LogP contribution in [0.3, 0.4) is 0 Å². The van der Waals surface area contributed by atoms with Crippen LogP contribution in [0.5, 0.6) is 0 Å². The van der Waals surface area contributed by atoms with Gasteiger partial charge in [-0.05, 0) is 75.9 Å². The maximum atomic E-state index is 4.72. The molecule has 1 heterocycles. The molecular formula is C17H22BrN3. The van der Waals surface area contributed by atoms with Gasteiger partial charge in [0.05, 0.1) is 11.4 Å².